The van der Waals surface area contributed by atoms with Crippen molar-refractivity contribution in [1.29, 1.82) is 0 Å². The summed E-state index contributed by atoms with van der Waals surface area (Å²) < 4.78 is 11.7. The van der Waals surface area contributed by atoms with Gasteiger partial charge in [-0.05, 0) is 46.7 Å². The van der Waals surface area contributed by atoms with Gasteiger partial charge >= 0.3 is 0 Å². The first kappa shape index (κ1) is 18.4. The van der Waals surface area contributed by atoms with Gasteiger partial charge in [-0.2, -0.15) is 0 Å². The van der Waals surface area contributed by atoms with Crippen LogP contribution in [0.3, 0.4) is 0 Å². The van der Waals surface area contributed by atoms with E-state index in [1.54, 1.807) is 7.11 Å². The van der Waals surface area contributed by atoms with E-state index >= 15 is 0 Å². The molecule has 0 aliphatic rings. The van der Waals surface area contributed by atoms with Crippen LogP contribution in [0, 0.1) is 6.07 Å². The number of methoxy groups -OCH3 is 1. The van der Waals surface area contributed by atoms with Crippen molar-refractivity contribution in [2.75, 3.05) is 7.11 Å². The third kappa shape index (κ3) is 4.31. The zero-order chi connectivity index (χ0) is 18.0. The molecule has 2 heteroatoms. The quantitative estimate of drug-likeness (QED) is 0.721. The third-order valence-corrected chi connectivity index (χ3v) is 4.05. The van der Waals surface area contributed by atoms with E-state index in [0.29, 0.717) is 6.61 Å². The lowest BCUT2D eigenvalue weighted by Crippen LogP contribution is -2.20. The fraction of sp³-hybridized carbons (Fsp3) is 0.455. The molecule has 0 aliphatic heterocycles. The highest BCUT2D eigenvalue weighted by molar-refractivity contribution is 5.50. The lowest BCUT2D eigenvalue weighted by Gasteiger charge is -2.30. The van der Waals surface area contributed by atoms with Gasteiger partial charge < -0.3 is 9.47 Å². The predicted molar refractivity (Wildman–Crippen MR) is 100 cm³/mol. The zero-order valence-corrected chi connectivity index (χ0v) is 16.0. The molecule has 1 radical (unpaired) electrons. The fourth-order valence-electron chi connectivity index (χ4n) is 2.74. The van der Waals surface area contributed by atoms with Gasteiger partial charge in [0, 0.05) is 11.1 Å². The molecule has 2 rings (SSSR count). The second kappa shape index (κ2) is 6.88. The molecule has 0 aliphatic carbocycles. The first-order valence-corrected chi connectivity index (χ1v) is 8.43. The van der Waals surface area contributed by atoms with Crippen molar-refractivity contribution in [2.24, 2.45) is 0 Å². The second-order valence-corrected chi connectivity index (χ2v) is 8.25. The molecule has 0 heterocycles. The van der Waals surface area contributed by atoms with Gasteiger partial charge in [0.1, 0.15) is 18.1 Å². The molecule has 0 aromatic heterocycles. The summed E-state index contributed by atoms with van der Waals surface area (Å²) in [4.78, 5) is 0. The van der Waals surface area contributed by atoms with E-state index in [-0.39, 0.29) is 10.8 Å². The highest BCUT2D eigenvalue weighted by atomic mass is 16.5. The van der Waals surface area contributed by atoms with Crippen LogP contribution >= 0.6 is 0 Å². The minimum atomic E-state index is 0.00186. The van der Waals surface area contributed by atoms with Crippen LogP contribution in [0.1, 0.15) is 58.2 Å². The Morgan fingerprint density at radius 1 is 0.958 bits per heavy atom. The Bertz CT molecular complexity index is 638. The van der Waals surface area contributed by atoms with Crippen molar-refractivity contribution in [3.63, 3.8) is 0 Å². The first-order chi connectivity index (χ1) is 11.1. The van der Waals surface area contributed by atoms with Gasteiger partial charge in [-0.25, -0.2) is 0 Å². The molecule has 0 atom stereocenters. The molecule has 0 amide bonds. The van der Waals surface area contributed by atoms with Crippen molar-refractivity contribution in [2.45, 2.75) is 59.0 Å². The maximum absolute atomic E-state index is 5.93. The molecule has 0 spiro atoms. The van der Waals surface area contributed by atoms with E-state index in [9.17, 15) is 0 Å². The summed E-state index contributed by atoms with van der Waals surface area (Å²) in [6.45, 7) is 13.8. The molecule has 2 aromatic rings. The highest BCUT2D eigenvalue weighted by Crippen LogP contribution is 2.40. The molecular weight excluding hydrogens is 296 g/mol. The van der Waals surface area contributed by atoms with Gasteiger partial charge in [0.05, 0.1) is 7.11 Å². The van der Waals surface area contributed by atoms with E-state index in [1.165, 1.54) is 11.1 Å². The van der Waals surface area contributed by atoms with Crippen LogP contribution in [0.15, 0.2) is 36.4 Å². The Morgan fingerprint density at radius 2 is 1.54 bits per heavy atom. The third-order valence-electron chi connectivity index (χ3n) is 4.05. The molecule has 2 nitrogen and oxygen atoms in total. The van der Waals surface area contributed by atoms with Crippen LogP contribution in [-0.4, -0.2) is 7.11 Å². The van der Waals surface area contributed by atoms with Crippen molar-refractivity contribution in [3.8, 4) is 11.5 Å². The lowest BCUT2D eigenvalue weighted by molar-refractivity contribution is 0.304. The topological polar surface area (TPSA) is 18.5 Å². The van der Waals surface area contributed by atoms with Gasteiger partial charge in [-0.1, -0.05) is 53.7 Å². The Kier molecular flexibility index (Phi) is 5.27. The Morgan fingerprint density at radius 3 is 1.96 bits per heavy atom. The van der Waals surface area contributed by atoms with Gasteiger partial charge in [0.15, 0.2) is 0 Å². The lowest BCUT2D eigenvalue weighted by atomic mass is 9.78. The average molecular weight is 325 g/mol. The minimum Gasteiger partial charge on any atom is -0.496 e. The summed E-state index contributed by atoms with van der Waals surface area (Å²) in [5, 5.41) is 0. The summed E-state index contributed by atoms with van der Waals surface area (Å²) in [6, 6.07) is 15.1. The second-order valence-electron chi connectivity index (χ2n) is 8.25. The van der Waals surface area contributed by atoms with Crippen LogP contribution in [0.2, 0.25) is 0 Å². The molecule has 129 valence electrons. The summed E-state index contributed by atoms with van der Waals surface area (Å²) in [5.74, 6) is 1.83. The minimum absolute atomic E-state index is 0.00186. The van der Waals surface area contributed by atoms with Crippen molar-refractivity contribution in [3.05, 3.63) is 59.2 Å². The van der Waals surface area contributed by atoms with Crippen molar-refractivity contribution >= 4 is 0 Å². The van der Waals surface area contributed by atoms with Crippen molar-refractivity contribution in [1.82, 2.24) is 0 Å². The zero-order valence-electron chi connectivity index (χ0n) is 16.0. The van der Waals surface area contributed by atoms with E-state index < -0.39 is 0 Å². The molecule has 24 heavy (non-hydrogen) atoms. The van der Waals surface area contributed by atoms with Gasteiger partial charge in [0.25, 0.3) is 0 Å². The molecule has 0 unspecified atom stereocenters. The van der Waals surface area contributed by atoms with Crippen LogP contribution < -0.4 is 9.47 Å². The number of rotatable bonds is 4. The maximum Gasteiger partial charge on any atom is 0.126 e. The Hall–Kier alpha value is -1.96. The predicted octanol–water partition coefficient (Wildman–Crippen LogP) is 5.67. The van der Waals surface area contributed by atoms with Gasteiger partial charge in [-0.3, -0.25) is 0 Å². The highest BCUT2D eigenvalue weighted by Gasteiger charge is 2.27. The van der Waals surface area contributed by atoms with Crippen LogP contribution in [0.25, 0.3) is 0 Å². The van der Waals surface area contributed by atoms with E-state index in [4.69, 9.17) is 9.47 Å². The number of ether oxygens (including phenoxy) is 2. The first-order valence-electron chi connectivity index (χ1n) is 8.43. The molecule has 0 bridgehead atoms. The molecule has 0 fully saturated rings. The van der Waals surface area contributed by atoms with Crippen LogP contribution in [-0.2, 0) is 17.4 Å². The van der Waals surface area contributed by atoms with E-state index in [2.05, 4.69) is 59.7 Å². The standard InChI is InChI=1S/C22H29O2/c1-21(2,3)18-13-16(15-24-17-11-9-8-10-12-17)14-19(20(18)23-7)22(4,5)6/h8-9,11-14H,15H2,1-7H3. The number of hydrogen-bond acceptors (Lipinski definition) is 2. The van der Waals surface area contributed by atoms with E-state index in [0.717, 1.165) is 17.1 Å². The smallest absolute Gasteiger partial charge is 0.126 e. The van der Waals surface area contributed by atoms with Crippen LogP contribution in [0.4, 0.5) is 0 Å². The fourth-order valence-corrected chi connectivity index (χ4v) is 2.74. The van der Waals surface area contributed by atoms with E-state index in [1.807, 2.05) is 24.3 Å². The van der Waals surface area contributed by atoms with Gasteiger partial charge in [0.2, 0.25) is 0 Å². The average Bonchev–Trinajstić information content (AvgIpc) is 2.51. The maximum atomic E-state index is 5.93. The normalized spacial score (nSPS) is 12.1. The van der Waals surface area contributed by atoms with Gasteiger partial charge in [-0.15, -0.1) is 0 Å². The monoisotopic (exact) mass is 325 g/mol. The van der Waals surface area contributed by atoms with Crippen molar-refractivity contribution < 1.29 is 9.47 Å². The molecule has 0 saturated heterocycles. The number of benzene rings is 2. The Labute approximate surface area is 146 Å². The summed E-state index contributed by atoms with van der Waals surface area (Å²) >= 11 is 0. The molecule has 0 saturated carbocycles. The molecule has 2 aromatic carbocycles. The SMILES string of the molecule is COc1c(C(C)(C)C)cc(COc2c[c]ccc2)cc1C(C)(C)C. The Balaban J connectivity index is 2.45. The number of hydrogen-bond donors (Lipinski definition) is 0. The van der Waals surface area contributed by atoms with Crippen LogP contribution in [0.5, 0.6) is 11.5 Å². The summed E-state index contributed by atoms with van der Waals surface area (Å²) in [6.07, 6.45) is 0. The summed E-state index contributed by atoms with van der Waals surface area (Å²) in [5.41, 5.74) is 3.60. The summed E-state index contributed by atoms with van der Waals surface area (Å²) in [7, 11) is 1.76. The largest absolute Gasteiger partial charge is 0.496 e. The molecule has 0 N–H and O–H groups in total. The molecular formula is C22H29O2.